The molecule has 1 N–H and O–H groups in total. The second-order valence-corrected chi connectivity index (χ2v) is 8.01. The number of hydrogen-bond acceptors (Lipinski definition) is 2. The molecule has 1 rings (SSSR count). The number of nitrogens with one attached hydrogen (secondary N) is 1. The molecule has 0 spiro atoms. The van der Waals surface area contributed by atoms with Crippen molar-refractivity contribution in [1.82, 2.24) is 10.2 Å². The molecule has 0 amide bonds. The lowest BCUT2D eigenvalue weighted by Crippen LogP contribution is -2.47. The molecule has 0 saturated heterocycles. The summed E-state index contributed by atoms with van der Waals surface area (Å²) in [5.41, 5.74) is 0.464. The third-order valence-corrected chi connectivity index (χ3v) is 5.34. The summed E-state index contributed by atoms with van der Waals surface area (Å²) >= 11 is 0. The predicted octanol–water partition coefficient (Wildman–Crippen LogP) is 4.69. The quantitative estimate of drug-likeness (QED) is 0.588. The zero-order valence-corrected chi connectivity index (χ0v) is 15.5. The third kappa shape index (κ3) is 5.90. The number of unbranched alkanes of at least 4 members (excludes halogenated alkanes) is 2. The summed E-state index contributed by atoms with van der Waals surface area (Å²) in [5.74, 6) is 0.829. The van der Waals surface area contributed by atoms with Crippen molar-refractivity contribution in [1.29, 1.82) is 0 Å². The molecular formula is C19H40N2. The third-order valence-electron chi connectivity index (χ3n) is 5.34. The Hall–Kier alpha value is -0.0800. The first-order valence-corrected chi connectivity index (χ1v) is 9.39. The van der Waals surface area contributed by atoms with Crippen molar-refractivity contribution < 1.29 is 0 Å². The smallest absolute Gasteiger partial charge is 0.0159 e. The summed E-state index contributed by atoms with van der Waals surface area (Å²) in [6, 6.07) is 1.38. The largest absolute Gasteiger partial charge is 0.313 e. The molecule has 0 heterocycles. The maximum absolute atomic E-state index is 3.86. The molecule has 1 aliphatic rings. The Morgan fingerprint density at radius 1 is 1.14 bits per heavy atom. The van der Waals surface area contributed by atoms with Crippen LogP contribution in [-0.4, -0.2) is 36.6 Å². The minimum Gasteiger partial charge on any atom is -0.313 e. The SMILES string of the molecule is CCCCCN(CC1CCC(C)(C)C1NCCC)C(C)C. The lowest BCUT2D eigenvalue weighted by molar-refractivity contribution is 0.154. The second kappa shape index (κ2) is 9.15. The van der Waals surface area contributed by atoms with E-state index < -0.39 is 0 Å². The van der Waals surface area contributed by atoms with Crippen molar-refractivity contribution in [2.75, 3.05) is 19.6 Å². The van der Waals surface area contributed by atoms with Crippen LogP contribution in [0.1, 0.15) is 80.1 Å². The van der Waals surface area contributed by atoms with Crippen LogP contribution in [0.15, 0.2) is 0 Å². The summed E-state index contributed by atoms with van der Waals surface area (Å²) in [4.78, 5) is 2.72. The van der Waals surface area contributed by atoms with Crippen LogP contribution in [0.2, 0.25) is 0 Å². The van der Waals surface area contributed by atoms with Crippen LogP contribution in [0.4, 0.5) is 0 Å². The highest BCUT2D eigenvalue weighted by Crippen LogP contribution is 2.41. The standard InChI is InChI=1S/C19H40N2/c1-7-9-10-14-21(16(3)4)15-17-11-12-19(5,6)18(17)20-13-8-2/h16-18,20H,7-15H2,1-6H3. The van der Waals surface area contributed by atoms with Crippen molar-refractivity contribution in [3.8, 4) is 0 Å². The molecule has 0 radical (unpaired) electrons. The Morgan fingerprint density at radius 3 is 2.43 bits per heavy atom. The second-order valence-electron chi connectivity index (χ2n) is 8.01. The zero-order chi connectivity index (χ0) is 15.9. The molecule has 0 aromatic rings. The summed E-state index contributed by atoms with van der Waals surface area (Å²) in [6.45, 7) is 17.9. The highest BCUT2D eigenvalue weighted by Gasteiger charge is 2.41. The van der Waals surface area contributed by atoms with Crippen LogP contribution in [0, 0.1) is 11.3 Å². The number of nitrogens with zero attached hydrogens (tertiary/aromatic N) is 1. The van der Waals surface area contributed by atoms with E-state index in [0.717, 1.165) is 5.92 Å². The first kappa shape index (κ1) is 19.0. The van der Waals surface area contributed by atoms with E-state index in [9.17, 15) is 0 Å². The van der Waals surface area contributed by atoms with Gasteiger partial charge in [-0.05, 0) is 64.0 Å². The monoisotopic (exact) mass is 296 g/mol. The van der Waals surface area contributed by atoms with E-state index in [2.05, 4.69) is 51.8 Å². The Bertz CT molecular complexity index is 273. The van der Waals surface area contributed by atoms with Crippen LogP contribution in [-0.2, 0) is 0 Å². The van der Waals surface area contributed by atoms with Gasteiger partial charge in [0.1, 0.15) is 0 Å². The van der Waals surface area contributed by atoms with Crippen LogP contribution < -0.4 is 5.32 Å². The predicted molar refractivity (Wildman–Crippen MR) is 94.8 cm³/mol. The van der Waals surface area contributed by atoms with Crippen LogP contribution in [0.25, 0.3) is 0 Å². The van der Waals surface area contributed by atoms with E-state index in [1.807, 2.05) is 0 Å². The average molecular weight is 297 g/mol. The van der Waals surface area contributed by atoms with Crippen molar-refractivity contribution >= 4 is 0 Å². The minimum absolute atomic E-state index is 0.464. The molecule has 21 heavy (non-hydrogen) atoms. The van der Waals surface area contributed by atoms with Gasteiger partial charge in [-0.15, -0.1) is 0 Å². The fraction of sp³-hybridized carbons (Fsp3) is 1.00. The average Bonchev–Trinajstić information content (AvgIpc) is 2.70. The van der Waals surface area contributed by atoms with Gasteiger partial charge in [-0.1, -0.05) is 40.5 Å². The molecule has 2 atom stereocenters. The van der Waals surface area contributed by atoms with Crippen molar-refractivity contribution in [3.05, 3.63) is 0 Å². The molecule has 0 aromatic heterocycles. The first-order chi connectivity index (χ1) is 9.92. The van der Waals surface area contributed by atoms with Gasteiger partial charge in [0.15, 0.2) is 0 Å². The molecule has 0 aromatic carbocycles. The van der Waals surface area contributed by atoms with E-state index >= 15 is 0 Å². The molecular weight excluding hydrogens is 256 g/mol. The van der Waals surface area contributed by atoms with Crippen LogP contribution in [0.3, 0.4) is 0 Å². The Kier molecular flexibility index (Phi) is 8.26. The molecule has 1 aliphatic carbocycles. The van der Waals surface area contributed by atoms with E-state index in [0.29, 0.717) is 17.5 Å². The maximum Gasteiger partial charge on any atom is 0.0159 e. The number of hydrogen-bond donors (Lipinski definition) is 1. The highest BCUT2D eigenvalue weighted by atomic mass is 15.2. The van der Waals surface area contributed by atoms with Crippen molar-refractivity contribution in [2.24, 2.45) is 11.3 Å². The normalized spacial score (nSPS) is 25.1. The van der Waals surface area contributed by atoms with Gasteiger partial charge in [-0.25, -0.2) is 0 Å². The molecule has 2 nitrogen and oxygen atoms in total. The lowest BCUT2D eigenvalue weighted by Gasteiger charge is -2.36. The Labute approximate surface area is 134 Å². The van der Waals surface area contributed by atoms with Gasteiger partial charge in [-0.2, -0.15) is 0 Å². The molecule has 1 saturated carbocycles. The zero-order valence-electron chi connectivity index (χ0n) is 15.5. The maximum atomic E-state index is 3.86. The Balaban J connectivity index is 2.59. The molecule has 126 valence electrons. The summed E-state index contributed by atoms with van der Waals surface area (Å²) in [5, 5.41) is 3.86. The molecule has 0 aliphatic heterocycles. The van der Waals surface area contributed by atoms with Gasteiger partial charge < -0.3 is 10.2 Å². The van der Waals surface area contributed by atoms with Crippen LogP contribution in [0.5, 0.6) is 0 Å². The summed E-state index contributed by atoms with van der Waals surface area (Å²) in [6.07, 6.45) is 8.06. The van der Waals surface area contributed by atoms with E-state index in [1.54, 1.807) is 0 Å². The summed E-state index contributed by atoms with van der Waals surface area (Å²) in [7, 11) is 0. The van der Waals surface area contributed by atoms with Crippen LogP contribution >= 0.6 is 0 Å². The highest BCUT2D eigenvalue weighted by molar-refractivity contribution is 4.97. The first-order valence-electron chi connectivity index (χ1n) is 9.39. The fourth-order valence-corrected chi connectivity index (χ4v) is 3.88. The molecule has 2 heteroatoms. The van der Waals surface area contributed by atoms with Gasteiger partial charge in [-0.3, -0.25) is 0 Å². The Morgan fingerprint density at radius 2 is 1.86 bits per heavy atom. The van der Waals surface area contributed by atoms with E-state index in [4.69, 9.17) is 0 Å². The molecule has 0 bridgehead atoms. The molecule has 2 unspecified atom stereocenters. The minimum atomic E-state index is 0.464. The van der Waals surface area contributed by atoms with E-state index in [-0.39, 0.29) is 0 Å². The van der Waals surface area contributed by atoms with Gasteiger partial charge in [0.05, 0.1) is 0 Å². The topological polar surface area (TPSA) is 15.3 Å². The van der Waals surface area contributed by atoms with Crippen molar-refractivity contribution in [3.63, 3.8) is 0 Å². The van der Waals surface area contributed by atoms with E-state index in [1.165, 1.54) is 58.2 Å². The van der Waals surface area contributed by atoms with Gasteiger partial charge >= 0.3 is 0 Å². The fourth-order valence-electron chi connectivity index (χ4n) is 3.88. The van der Waals surface area contributed by atoms with Crippen molar-refractivity contribution in [2.45, 2.75) is 92.2 Å². The lowest BCUT2D eigenvalue weighted by atomic mass is 9.84. The summed E-state index contributed by atoms with van der Waals surface area (Å²) < 4.78 is 0. The van der Waals surface area contributed by atoms with Gasteiger partial charge in [0.2, 0.25) is 0 Å². The number of rotatable bonds is 10. The molecule has 1 fully saturated rings. The van der Waals surface area contributed by atoms with Gasteiger partial charge in [0.25, 0.3) is 0 Å². The van der Waals surface area contributed by atoms with Gasteiger partial charge in [0, 0.05) is 18.6 Å².